The molecule has 1 aliphatic carbocycles. The monoisotopic (exact) mass is 402 g/mol. The van der Waals surface area contributed by atoms with E-state index in [-0.39, 0.29) is 11.6 Å². The minimum absolute atomic E-state index is 0.0717. The van der Waals surface area contributed by atoms with Gasteiger partial charge in [0.15, 0.2) is 0 Å². The van der Waals surface area contributed by atoms with E-state index in [1.165, 1.54) is 27.8 Å². The van der Waals surface area contributed by atoms with Crippen LogP contribution in [0.3, 0.4) is 0 Å². The molecular formula is C26H30N2O2. The molecule has 0 spiro atoms. The average Bonchev–Trinajstić information content (AvgIpc) is 3.14. The van der Waals surface area contributed by atoms with E-state index in [1.807, 2.05) is 0 Å². The van der Waals surface area contributed by atoms with E-state index in [4.69, 9.17) is 4.52 Å². The summed E-state index contributed by atoms with van der Waals surface area (Å²) in [4.78, 5) is 14.5. The molecule has 3 aromatic rings. The first kappa shape index (κ1) is 20.4. The topological polar surface area (TPSA) is 49.2 Å². The molecule has 30 heavy (non-hydrogen) atoms. The van der Waals surface area contributed by atoms with Gasteiger partial charge in [0, 0.05) is 19.0 Å². The molecule has 4 nitrogen and oxygen atoms in total. The minimum atomic E-state index is -0.0717. The van der Waals surface area contributed by atoms with Crippen LogP contribution >= 0.6 is 0 Å². The Bertz CT molecular complexity index is 1060. The molecule has 1 atom stereocenters. The van der Waals surface area contributed by atoms with Crippen molar-refractivity contribution in [3.8, 4) is 0 Å². The highest BCUT2D eigenvalue weighted by Gasteiger charge is 2.29. The molecule has 4 heteroatoms. The maximum absolute atomic E-state index is 12.2. The number of aromatic amines is 1. The van der Waals surface area contributed by atoms with Gasteiger partial charge in [-0.1, -0.05) is 54.6 Å². The zero-order valence-corrected chi connectivity index (χ0v) is 18.1. The molecule has 1 aliphatic rings. The Kier molecular flexibility index (Phi) is 6.05. The number of nitrogens with zero attached hydrogens (tertiary/aromatic N) is 1. The quantitative estimate of drug-likeness (QED) is 0.599. The van der Waals surface area contributed by atoms with E-state index >= 15 is 0 Å². The van der Waals surface area contributed by atoms with Crippen LogP contribution in [0.5, 0.6) is 0 Å². The van der Waals surface area contributed by atoms with Gasteiger partial charge in [-0.05, 0) is 68.0 Å². The highest BCUT2D eigenvalue weighted by atomic mass is 16.5. The van der Waals surface area contributed by atoms with Crippen molar-refractivity contribution < 1.29 is 4.52 Å². The van der Waals surface area contributed by atoms with Crippen molar-refractivity contribution in [3.05, 3.63) is 98.5 Å². The van der Waals surface area contributed by atoms with Crippen LogP contribution in [0.2, 0.25) is 0 Å². The van der Waals surface area contributed by atoms with Crippen LogP contribution in [0.25, 0.3) is 5.57 Å². The van der Waals surface area contributed by atoms with Crippen LogP contribution in [-0.2, 0) is 6.42 Å². The zero-order chi connectivity index (χ0) is 21.1. The molecule has 0 bridgehead atoms. The van der Waals surface area contributed by atoms with Gasteiger partial charge in [-0.2, -0.15) is 5.16 Å². The summed E-state index contributed by atoms with van der Waals surface area (Å²) in [6, 6.07) is 17.3. The minimum Gasteiger partial charge on any atom is -0.383 e. The van der Waals surface area contributed by atoms with E-state index in [1.54, 1.807) is 0 Å². The van der Waals surface area contributed by atoms with E-state index in [0.29, 0.717) is 0 Å². The Morgan fingerprint density at radius 1 is 1.10 bits per heavy atom. The molecule has 1 heterocycles. The Morgan fingerprint density at radius 3 is 2.37 bits per heavy atom. The lowest BCUT2D eigenvalue weighted by Crippen LogP contribution is -2.31. The van der Waals surface area contributed by atoms with E-state index in [2.05, 4.69) is 85.6 Å². The molecule has 0 amide bonds. The van der Waals surface area contributed by atoms with Crippen molar-refractivity contribution in [1.29, 1.82) is 0 Å². The number of H-pyrrole nitrogens is 1. The largest absolute Gasteiger partial charge is 0.383 e. The zero-order valence-electron chi connectivity index (χ0n) is 18.1. The molecule has 1 aromatic heterocycles. The fourth-order valence-corrected chi connectivity index (χ4v) is 4.59. The van der Waals surface area contributed by atoms with Crippen molar-refractivity contribution in [2.45, 2.75) is 45.6 Å². The van der Waals surface area contributed by atoms with Gasteiger partial charge >= 0.3 is 0 Å². The van der Waals surface area contributed by atoms with Crippen molar-refractivity contribution >= 4 is 5.57 Å². The third-order valence-electron chi connectivity index (χ3n) is 6.26. The van der Waals surface area contributed by atoms with Gasteiger partial charge in [0.1, 0.15) is 5.76 Å². The van der Waals surface area contributed by atoms with Crippen LogP contribution in [0.1, 0.15) is 58.9 Å². The summed E-state index contributed by atoms with van der Waals surface area (Å²) < 4.78 is 5.38. The number of rotatable bonds is 6. The Balaban J connectivity index is 1.58. The summed E-state index contributed by atoms with van der Waals surface area (Å²) >= 11 is 0. The summed E-state index contributed by atoms with van der Waals surface area (Å²) in [6.07, 6.45) is 6.16. The Labute approximate surface area is 178 Å². The van der Waals surface area contributed by atoms with Gasteiger partial charge in [0.05, 0.1) is 5.56 Å². The lowest BCUT2D eigenvalue weighted by atomic mass is 9.90. The smallest absolute Gasteiger partial charge is 0.284 e. The number of hydrogen-bond donors (Lipinski definition) is 1. The second-order valence-electron chi connectivity index (χ2n) is 8.30. The van der Waals surface area contributed by atoms with Gasteiger partial charge in [-0.15, -0.1) is 0 Å². The van der Waals surface area contributed by atoms with Crippen molar-refractivity contribution in [3.63, 3.8) is 0 Å². The lowest BCUT2D eigenvalue weighted by Gasteiger charge is -2.29. The first-order chi connectivity index (χ1) is 14.6. The molecule has 0 saturated heterocycles. The van der Waals surface area contributed by atoms with Crippen molar-refractivity contribution in [2.24, 2.45) is 0 Å². The SMILES string of the molecule is Cc1ccccc1C(=CCCN(C)C1CCCc2o[nH]c(=O)c21)c1ccccc1C. The fraction of sp³-hybridized carbons (Fsp3) is 0.346. The van der Waals surface area contributed by atoms with Gasteiger partial charge < -0.3 is 4.52 Å². The molecule has 1 unspecified atom stereocenters. The lowest BCUT2D eigenvalue weighted by molar-refractivity contribution is 0.217. The van der Waals surface area contributed by atoms with Gasteiger partial charge in [-0.3, -0.25) is 9.69 Å². The molecule has 0 radical (unpaired) electrons. The summed E-state index contributed by atoms with van der Waals surface area (Å²) in [5.41, 5.74) is 7.15. The molecule has 156 valence electrons. The van der Waals surface area contributed by atoms with Crippen LogP contribution in [0.15, 0.2) is 63.9 Å². The average molecular weight is 403 g/mol. The molecular weight excluding hydrogens is 372 g/mol. The number of fused-ring (bicyclic) bond motifs is 1. The molecule has 2 aromatic carbocycles. The predicted molar refractivity (Wildman–Crippen MR) is 122 cm³/mol. The van der Waals surface area contributed by atoms with Gasteiger partial charge in [0.25, 0.3) is 5.56 Å². The third-order valence-corrected chi connectivity index (χ3v) is 6.26. The fourth-order valence-electron chi connectivity index (χ4n) is 4.59. The first-order valence-electron chi connectivity index (χ1n) is 10.8. The number of aryl methyl sites for hydroxylation is 3. The van der Waals surface area contributed by atoms with Crippen LogP contribution in [0.4, 0.5) is 0 Å². The van der Waals surface area contributed by atoms with E-state index < -0.39 is 0 Å². The van der Waals surface area contributed by atoms with Crippen molar-refractivity contribution in [2.75, 3.05) is 13.6 Å². The summed E-state index contributed by atoms with van der Waals surface area (Å²) in [6.45, 7) is 5.22. The maximum atomic E-state index is 12.2. The molecule has 0 fully saturated rings. The highest BCUT2D eigenvalue weighted by Crippen LogP contribution is 2.32. The number of hydrogen-bond acceptors (Lipinski definition) is 3. The summed E-state index contributed by atoms with van der Waals surface area (Å²) in [5.74, 6) is 0.833. The third kappa shape index (κ3) is 4.05. The molecule has 1 N–H and O–H groups in total. The molecule has 0 aliphatic heterocycles. The Hall–Kier alpha value is -2.85. The van der Waals surface area contributed by atoms with Crippen LogP contribution in [0, 0.1) is 13.8 Å². The standard InChI is InChI=1S/C26H30N2O2/c1-18-10-4-6-12-20(18)22(21-13-7-5-11-19(21)2)14-9-17-28(3)23-15-8-16-24-25(23)26(29)27-30-24/h4-7,10-14,23H,8-9,15-17H2,1-3H3,(H,27,29). The second kappa shape index (κ2) is 8.88. The second-order valence-corrected chi connectivity index (χ2v) is 8.30. The Morgan fingerprint density at radius 2 is 1.73 bits per heavy atom. The molecule has 4 rings (SSSR count). The maximum Gasteiger partial charge on any atom is 0.284 e. The van der Waals surface area contributed by atoms with Gasteiger partial charge in [-0.25, -0.2) is 0 Å². The van der Waals surface area contributed by atoms with Crippen LogP contribution < -0.4 is 5.56 Å². The first-order valence-corrected chi connectivity index (χ1v) is 10.8. The number of benzene rings is 2. The van der Waals surface area contributed by atoms with E-state index in [0.717, 1.165) is 43.6 Å². The predicted octanol–water partition coefficient (Wildman–Crippen LogP) is 5.42. The summed E-state index contributed by atoms with van der Waals surface area (Å²) in [7, 11) is 2.11. The number of aromatic nitrogens is 1. The number of nitrogens with one attached hydrogen (secondary N) is 1. The highest BCUT2D eigenvalue weighted by molar-refractivity contribution is 5.82. The summed E-state index contributed by atoms with van der Waals surface area (Å²) in [5, 5.41) is 2.52. The normalized spacial score (nSPS) is 15.8. The van der Waals surface area contributed by atoms with Crippen LogP contribution in [-0.4, -0.2) is 23.6 Å². The molecule has 0 saturated carbocycles. The van der Waals surface area contributed by atoms with Crippen molar-refractivity contribution in [1.82, 2.24) is 10.1 Å². The van der Waals surface area contributed by atoms with E-state index in [9.17, 15) is 4.79 Å². The van der Waals surface area contributed by atoms with Gasteiger partial charge in [0.2, 0.25) is 0 Å².